The van der Waals surface area contributed by atoms with Crippen molar-refractivity contribution in [3.8, 4) is 0 Å². The molecule has 0 aliphatic heterocycles. The summed E-state index contributed by atoms with van der Waals surface area (Å²) in [5.41, 5.74) is 0.880. The standard InChI is InChI=1S/C15H12N4O3S2/c20-14(11-2-1-7-16-10-11)18-12-3-5-13(6-4-12)24(21,22)19-15-17-8-9-23-15/h1-10H,(H2,17,18,19,20)/p-1. The molecule has 0 saturated heterocycles. The molecule has 3 aromatic rings. The predicted octanol–water partition coefficient (Wildman–Crippen LogP) is 3.18. The van der Waals surface area contributed by atoms with E-state index in [9.17, 15) is 13.2 Å². The van der Waals surface area contributed by atoms with Crippen LogP contribution in [0.1, 0.15) is 10.4 Å². The number of sulfonamides is 1. The van der Waals surface area contributed by atoms with E-state index in [-0.39, 0.29) is 15.9 Å². The molecule has 9 heteroatoms. The Hall–Kier alpha value is -2.78. The van der Waals surface area contributed by atoms with Crippen molar-refractivity contribution in [1.29, 1.82) is 0 Å². The number of nitrogens with zero attached hydrogens (tertiary/aromatic N) is 3. The molecule has 0 spiro atoms. The van der Waals surface area contributed by atoms with Crippen LogP contribution >= 0.6 is 11.3 Å². The fourth-order valence-corrected chi connectivity index (χ4v) is 3.50. The number of hydrogen-bond acceptors (Lipinski definition) is 6. The minimum Gasteiger partial charge on any atom is -0.433 e. The van der Waals surface area contributed by atoms with Crippen LogP contribution in [0.5, 0.6) is 0 Å². The third-order valence-electron chi connectivity index (χ3n) is 2.95. The van der Waals surface area contributed by atoms with Gasteiger partial charge in [0.15, 0.2) is 0 Å². The molecular weight excluding hydrogens is 348 g/mol. The van der Waals surface area contributed by atoms with E-state index in [2.05, 4.69) is 20.0 Å². The Morgan fingerprint density at radius 3 is 2.54 bits per heavy atom. The molecule has 7 nitrogen and oxygen atoms in total. The van der Waals surface area contributed by atoms with E-state index in [4.69, 9.17) is 0 Å². The molecule has 1 aromatic carbocycles. The lowest BCUT2D eigenvalue weighted by atomic mass is 10.2. The lowest BCUT2D eigenvalue weighted by Crippen LogP contribution is -2.12. The summed E-state index contributed by atoms with van der Waals surface area (Å²) < 4.78 is 28.0. The first kappa shape index (κ1) is 16.1. The van der Waals surface area contributed by atoms with Crippen LogP contribution in [0.4, 0.5) is 10.8 Å². The second-order valence-corrected chi connectivity index (χ2v) is 7.08. The maximum Gasteiger partial charge on any atom is 0.257 e. The Morgan fingerprint density at radius 2 is 1.92 bits per heavy atom. The van der Waals surface area contributed by atoms with Crippen LogP contribution in [0.2, 0.25) is 0 Å². The molecule has 0 aliphatic rings. The molecule has 2 heterocycles. The Balaban J connectivity index is 1.72. The second-order valence-electron chi connectivity index (χ2n) is 4.60. The van der Waals surface area contributed by atoms with E-state index in [0.717, 1.165) is 11.3 Å². The number of thiazole rings is 1. The molecule has 0 atom stereocenters. The van der Waals surface area contributed by atoms with Crippen molar-refractivity contribution in [2.24, 2.45) is 0 Å². The van der Waals surface area contributed by atoms with Gasteiger partial charge in [-0.25, -0.2) is 8.42 Å². The minimum atomic E-state index is -3.83. The van der Waals surface area contributed by atoms with Crippen LogP contribution in [0.15, 0.2) is 65.3 Å². The molecule has 0 radical (unpaired) electrons. The summed E-state index contributed by atoms with van der Waals surface area (Å²) in [6, 6.07) is 9.05. The zero-order valence-electron chi connectivity index (χ0n) is 12.2. The zero-order chi connectivity index (χ0) is 17.0. The highest BCUT2D eigenvalue weighted by Crippen LogP contribution is 2.29. The van der Waals surface area contributed by atoms with Crippen LogP contribution in [0, 0.1) is 0 Å². The molecule has 0 aliphatic carbocycles. The number of pyridine rings is 1. The fraction of sp³-hybridized carbons (Fsp3) is 0. The summed E-state index contributed by atoms with van der Waals surface area (Å²) in [7, 11) is -3.83. The van der Waals surface area contributed by atoms with Crippen molar-refractivity contribution in [2.45, 2.75) is 4.90 Å². The number of nitrogens with one attached hydrogen (secondary N) is 1. The van der Waals surface area contributed by atoms with Gasteiger partial charge in [-0.15, -0.1) is 0 Å². The predicted molar refractivity (Wildman–Crippen MR) is 91.0 cm³/mol. The quantitative estimate of drug-likeness (QED) is 0.753. The Labute approximate surface area is 142 Å². The van der Waals surface area contributed by atoms with Crippen LogP contribution < -0.4 is 5.32 Å². The fourth-order valence-electron chi connectivity index (χ4n) is 1.83. The summed E-state index contributed by atoms with van der Waals surface area (Å²) >= 11 is 1.13. The van der Waals surface area contributed by atoms with Gasteiger partial charge in [-0.2, -0.15) is 11.3 Å². The Morgan fingerprint density at radius 1 is 1.12 bits per heavy atom. The SMILES string of the molecule is O=C(Nc1ccc(S(=O)(=O)[N-]c2nccs2)cc1)c1cccnc1. The largest absolute Gasteiger partial charge is 0.433 e. The van der Waals surface area contributed by atoms with Gasteiger partial charge in [0.05, 0.1) is 10.5 Å². The van der Waals surface area contributed by atoms with Gasteiger partial charge >= 0.3 is 0 Å². The van der Waals surface area contributed by atoms with Crippen molar-refractivity contribution in [3.63, 3.8) is 0 Å². The van der Waals surface area contributed by atoms with Gasteiger partial charge in [0, 0.05) is 23.2 Å². The third kappa shape index (κ3) is 3.76. The number of amides is 1. The third-order valence-corrected chi connectivity index (χ3v) is 5.01. The molecule has 1 amide bonds. The Bertz CT molecular complexity index is 925. The van der Waals surface area contributed by atoms with Crippen LogP contribution in [0.3, 0.4) is 0 Å². The lowest BCUT2D eigenvalue weighted by molar-refractivity contribution is 0.102. The summed E-state index contributed by atoms with van der Waals surface area (Å²) in [5, 5.41) is 4.48. The number of anilines is 1. The van der Waals surface area contributed by atoms with E-state index < -0.39 is 10.0 Å². The number of carbonyl (C=O) groups is 1. The number of benzene rings is 1. The first-order valence-corrected chi connectivity index (χ1v) is 9.05. The maximum atomic E-state index is 12.2. The monoisotopic (exact) mass is 359 g/mol. The number of rotatable bonds is 5. The van der Waals surface area contributed by atoms with Crippen LogP contribution in [0.25, 0.3) is 4.72 Å². The molecule has 122 valence electrons. The summed E-state index contributed by atoms with van der Waals surface area (Å²) in [6.45, 7) is 0. The van der Waals surface area contributed by atoms with Crippen molar-refractivity contribution in [2.75, 3.05) is 5.32 Å². The van der Waals surface area contributed by atoms with Crippen LogP contribution in [-0.4, -0.2) is 24.3 Å². The summed E-state index contributed by atoms with van der Waals surface area (Å²) in [6.07, 6.45) is 4.50. The molecule has 2 aromatic heterocycles. The molecular formula is C15H11N4O3S2-. The molecule has 0 saturated carbocycles. The molecule has 0 bridgehead atoms. The van der Waals surface area contributed by atoms with E-state index in [0.29, 0.717) is 11.3 Å². The topological polar surface area (TPSA) is 103 Å². The normalized spacial score (nSPS) is 11.0. The first-order chi connectivity index (χ1) is 11.5. The summed E-state index contributed by atoms with van der Waals surface area (Å²) in [4.78, 5) is 19.7. The van der Waals surface area contributed by atoms with Crippen molar-refractivity contribution in [1.82, 2.24) is 9.97 Å². The van der Waals surface area contributed by atoms with Gasteiger partial charge in [0.25, 0.3) is 5.91 Å². The van der Waals surface area contributed by atoms with Gasteiger partial charge in [0.2, 0.25) is 10.0 Å². The van der Waals surface area contributed by atoms with Gasteiger partial charge in [-0.1, -0.05) is 6.20 Å². The average molecular weight is 359 g/mol. The van der Waals surface area contributed by atoms with Crippen molar-refractivity contribution in [3.05, 3.63) is 70.7 Å². The second kappa shape index (κ2) is 6.77. The van der Waals surface area contributed by atoms with Gasteiger partial charge in [-0.05, 0) is 41.8 Å². The van der Waals surface area contributed by atoms with E-state index >= 15 is 0 Å². The average Bonchev–Trinajstić information content (AvgIpc) is 3.08. The van der Waals surface area contributed by atoms with Crippen molar-refractivity contribution < 1.29 is 13.2 Å². The van der Waals surface area contributed by atoms with Gasteiger partial charge in [-0.3, -0.25) is 9.78 Å². The smallest absolute Gasteiger partial charge is 0.257 e. The minimum absolute atomic E-state index is 0.0251. The molecule has 24 heavy (non-hydrogen) atoms. The summed E-state index contributed by atoms with van der Waals surface area (Å²) in [5.74, 6) is -0.328. The van der Waals surface area contributed by atoms with E-state index in [1.165, 1.54) is 36.7 Å². The highest BCUT2D eigenvalue weighted by molar-refractivity contribution is 7.94. The number of hydrogen-bond donors (Lipinski definition) is 1. The number of carbonyl (C=O) groups excluding carboxylic acids is 1. The van der Waals surface area contributed by atoms with E-state index in [1.807, 2.05) is 0 Å². The van der Waals surface area contributed by atoms with E-state index in [1.54, 1.807) is 23.7 Å². The maximum absolute atomic E-state index is 12.2. The molecule has 0 unspecified atom stereocenters. The van der Waals surface area contributed by atoms with Crippen molar-refractivity contribution >= 4 is 38.1 Å². The zero-order valence-corrected chi connectivity index (χ0v) is 13.8. The highest BCUT2D eigenvalue weighted by atomic mass is 32.2. The number of aromatic nitrogens is 2. The Kier molecular flexibility index (Phi) is 4.54. The van der Waals surface area contributed by atoms with Gasteiger partial charge < -0.3 is 15.0 Å². The van der Waals surface area contributed by atoms with Gasteiger partial charge in [0.1, 0.15) is 0 Å². The highest BCUT2D eigenvalue weighted by Gasteiger charge is 2.11. The molecule has 0 fully saturated rings. The van der Waals surface area contributed by atoms with Crippen LogP contribution in [-0.2, 0) is 10.0 Å². The first-order valence-electron chi connectivity index (χ1n) is 6.73. The molecule has 3 rings (SSSR count). The lowest BCUT2D eigenvalue weighted by Gasteiger charge is -2.12. The molecule has 1 N–H and O–H groups in total.